The fourth-order valence-corrected chi connectivity index (χ4v) is 7.26. The van der Waals surface area contributed by atoms with Crippen LogP contribution in [0.15, 0.2) is 89.6 Å². The van der Waals surface area contributed by atoms with Crippen molar-refractivity contribution in [2.75, 3.05) is 13.1 Å². The van der Waals surface area contributed by atoms with Gasteiger partial charge in [0.05, 0.1) is 27.9 Å². The third kappa shape index (κ3) is 3.90. The smallest absolute Gasteiger partial charge is 0.243 e. The zero-order valence-corrected chi connectivity index (χ0v) is 21.5. The number of fused-ring (bicyclic) bond motifs is 2. The molecular weight excluding hydrogens is 503 g/mol. The molecule has 2 aromatic carbocycles. The number of nitrogens with zero attached hydrogens (tertiary/aromatic N) is 4. The number of hydrogen-bond donors (Lipinski definition) is 0. The standard InChI is InChI=1S/C29H25FN4O3S/c1-20-6-2-3-8-27(20)38(36,37)33-15-13-22-16-26-21(18-32-34(26)24-11-9-23(30)10-12-24)17-29(22,19-33)28(35)25-7-4-5-14-31-25/h2-12,14,16,18H,13,15,17,19H2,1H3. The molecule has 2 aliphatic rings. The SMILES string of the molecule is Cc1ccccc1S(=O)(=O)N1CCC2=Cc3c(cnn3-c3ccc(F)cc3)CC2(C(=O)c2ccccn2)C1. The number of rotatable bonds is 5. The first-order chi connectivity index (χ1) is 18.3. The van der Waals surface area contributed by atoms with Crippen molar-refractivity contribution in [3.05, 3.63) is 113 Å². The largest absolute Gasteiger partial charge is 0.291 e. The highest BCUT2D eigenvalue weighted by molar-refractivity contribution is 7.89. The number of piperidine rings is 1. The number of Topliss-reactive ketones (excluding diaryl/α,β-unsaturated/α-hetero) is 1. The highest BCUT2D eigenvalue weighted by atomic mass is 32.2. The number of carbonyl (C=O) groups excluding carboxylic acids is 1. The van der Waals surface area contributed by atoms with Crippen LogP contribution in [0.5, 0.6) is 0 Å². The summed E-state index contributed by atoms with van der Waals surface area (Å²) in [5.74, 6) is -0.551. The molecule has 7 nitrogen and oxygen atoms in total. The first-order valence-corrected chi connectivity index (χ1v) is 13.8. The normalized spacial score (nSPS) is 19.4. The summed E-state index contributed by atoms with van der Waals surface area (Å²) in [6, 6.07) is 18.1. The summed E-state index contributed by atoms with van der Waals surface area (Å²) in [4.78, 5) is 18.7. The molecule has 2 aromatic heterocycles. The molecule has 9 heteroatoms. The van der Waals surface area contributed by atoms with Crippen molar-refractivity contribution in [3.8, 4) is 5.69 Å². The minimum atomic E-state index is -3.84. The highest BCUT2D eigenvalue weighted by Gasteiger charge is 2.51. The van der Waals surface area contributed by atoms with E-state index >= 15 is 0 Å². The number of carbonyl (C=O) groups is 1. The summed E-state index contributed by atoms with van der Waals surface area (Å²) in [5, 5.41) is 4.54. The van der Waals surface area contributed by atoms with Crippen molar-refractivity contribution in [2.45, 2.75) is 24.7 Å². The Hall–Kier alpha value is -3.95. The van der Waals surface area contributed by atoms with Crippen molar-refractivity contribution in [3.63, 3.8) is 0 Å². The number of halogens is 1. The lowest BCUT2D eigenvalue weighted by atomic mass is 9.65. The Bertz CT molecular complexity index is 1680. The van der Waals surface area contributed by atoms with Crippen molar-refractivity contribution < 1.29 is 17.6 Å². The predicted molar refractivity (Wildman–Crippen MR) is 141 cm³/mol. The van der Waals surface area contributed by atoms with E-state index in [0.29, 0.717) is 23.4 Å². The number of hydrogen-bond acceptors (Lipinski definition) is 5. The van der Waals surface area contributed by atoms with Crippen LogP contribution in [0.25, 0.3) is 11.8 Å². The summed E-state index contributed by atoms with van der Waals surface area (Å²) in [6.07, 6.45) is 5.89. The first-order valence-electron chi connectivity index (χ1n) is 12.4. The van der Waals surface area contributed by atoms with E-state index < -0.39 is 15.4 Å². The average Bonchev–Trinajstić information content (AvgIpc) is 3.34. The van der Waals surface area contributed by atoms with Gasteiger partial charge in [-0.25, -0.2) is 17.5 Å². The zero-order chi connectivity index (χ0) is 26.5. The molecule has 0 radical (unpaired) electrons. The van der Waals surface area contributed by atoms with E-state index in [1.54, 1.807) is 78.6 Å². The van der Waals surface area contributed by atoms with Crippen LogP contribution in [-0.2, 0) is 16.4 Å². The second-order valence-electron chi connectivity index (χ2n) is 9.77. The van der Waals surface area contributed by atoms with Gasteiger partial charge in [-0.3, -0.25) is 9.78 Å². The van der Waals surface area contributed by atoms with Crippen LogP contribution in [-0.4, -0.2) is 46.4 Å². The van der Waals surface area contributed by atoms with Crippen LogP contribution in [0.4, 0.5) is 4.39 Å². The van der Waals surface area contributed by atoms with Gasteiger partial charge in [-0.2, -0.15) is 9.40 Å². The minimum absolute atomic E-state index is 0.00603. The molecule has 1 saturated heterocycles. The van der Waals surface area contributed by atoms with E-state index in [2.05, 4.69) is 10.1 Å². The van der Waals surface area contributed by atoms with E-state index in [9.17, 15) is 17.6 Å². The van der Waals surface area contributed by atoms with Gasteiger partial charge in [-0.15, -0.1) is 0 Å². The molecule has 1 fully saturated rings. The van der Waals surface area contributed by atoms with Gasteiger partial charge in [0.25, 0.3) is 0 Å². The predicted octanol–water partition coefficient (Wildman–Crippen LogP) is 4.62. The lowest BCUT2D eigenvalue weighted by molar-refractivity contribution is 0.0770. The molecule has 0 amide bonds. The lowest BCUT2D eigenvalue weighted by Gasteiger charge is -2.44. The highest BCUT2D eigenvalue weighted by Crippen LogP contribution is 2.47. The number of aromatic nitrogens is 3. The Morgan fingerprint density at radius 1 is 1.03 bits per heavy atom. The maximum atomic E-state index is 14.2. The van der Waals surface area contributed by atoms with E-state index in [1.807, 2.05) is 6.08 Å². The molecule has 38 heavy (non-hydrogen) atoms. The lowest BCUT2D eigenvalue weighted by Crippen LogP contribution is -2.53. The van der Waals surface area contributed by atoms with Crippen LogP contribution in [0.2, 0.25) is 0 Å². The van der Waals surface area contributed by atoms with Crippen LogP contribution < -0.4 is 0 Å². The molecule has 0 N–H and O–H groups in total. The molecule has 0 bridgehead atoms. The Kier molecular flexibility index (Phi) is 5.85. The van der Waals surface area contributed by atoms with Crippen molar-refractivity contribution in [1.29, 1.82) is 0 Å². The van der Waals surface area contributed by atoms with Crippen molar-refractivity contribution >= 4 is 21.9 Å². The number of sulfonamides is 1. The summed E-state index contributed by atoms with van der Waals surface area (Å²) in [5.41, 5.74) is 3.01. The maximum absolute atomic E-state index is 14.2. The molecule has 4 aromatic rings. The summed E-state index contributed by atoms with van der Waals surface area (Å²) < 4.78 is 44.3. The number of ketones is 1. The van der Waals surface area contributed by atoms with Crippen molar-refractivity contribution in [2.24, 2.45) is 5.41 Å². The van der Waals surface area contributed by atoms with Crippen LogP contribution in [0, 0.1) is 18.2 Å². The van der Waals surface area contributed by atoms with Gasteiger partial charge in [0.2, 0.25) is 10.0 Å². The Morgan fingerprint density at radius 2 is 1.79 bits per heavy atom. The van der Waals surface area contributed by atoms with Crippen LogP contribution in [0.1, 0.15) is 33.7 Å². The molecule has 1 unspecified atom stereocenters. The number of pyridine rings is 1. The summed E-state index contributed by atoms with van der Waals surface area (Å²) in [6.45, 7) is 2.03. The van der Waals surface area contributed by atoms with E-state index in [1.165, 1.54) is 16.4 Å². The van der Waals surface area contributed by atoms with Crippen LogP contribution in [0.3, 0.4) is 0 Å². The fraction of sp³-hybridized carbons (Fsp3) is 0.207. The zero-order valence-electron chi connectivity index (χ0n) is 20.7. The van der Waals surface area contributed by atoms with Gasteiger partial charge in [-0.1, -0.05) is 29.8 Å². The van der Waals surface area contributed by atoms with Gasteiger partial charge in [0.15, 0.2) is 5.78 Å². The van der Waals surface area contributed by atoms with E-state index in [4.69, 9.17) is 0 Å². The molecule has 1 atom stereocenters. The average molecular weight is 529 g/mol. The second-order valence-corrected chi connectivity index (χ2v) is 11.7. The summed E-state index contributed by atoms with van der Waals surface area (Å²) in [7, 11) is -3.84. The first kappa shape index (κ1) is 24.4. The van der Waals surface area contributed by atoms with Gasteiger partial charge in [-0.05, 0) is 79.4 Å². The Labute approximate surface area is 220 Å². The van der Waals surface area contributed by atoms with Gasteiger partial charge in [0, 0.05) is 19.3 Å². The van der Waals surface area contributed by atoms with Crippen LogP contribution >= 0.6 is 0 Å². The molecule has 6 rings (SSSR count). The number of benzene rings is 2. The Morgan fingerprint density at radius 3 is 2.53 bits per heavy atom. The molecule has 0 spiro atoms. The number of aryl methyl sites for hydroxylation is 1. The molecule has 0 saturated carbocycles. The third-order valence-electron chi connectivity index (χ3n) is 7.50. The summed E-state index contributed by atoms with van der Waals surface area (Å²) >= 11 is 0. The third-order valence-corrected chi connectivity index (χ3v) is 9.50. The minimum Gasteiger partial charge on any atom is -0.291 e. The topological polar surface area (TPSA) is 85.2 Å². The monoisotopic (exact) mass is 528 g/mol. The molecule has 1 aliphatic heterocycles. The molecular formula is C29H25FN4O3S. The molecule has 192 valence electrons. The Balaban J connectivity index is 1.46. The van der Waals surface area contributed by atoms with E-state index in [-0.39, 0.29) is 36.0 Å². The van der Waals surface area contributed by atoms with Gasteiger partial charge >= 0.3 is 0 Å². The fourth-order valence-electron chi connectivity index (χ4n) is 5.54. The van der Waals surface area contributed by atoms with Gasteiger partial charge < -0.3 is 0 Å². The van der Waals surface area contributed by atoms with E-state index in [0.717, 1.165) is 16.8 Å². The molecule has 3 heterocycles. The quantitative estimate of drug-likeness (QED) is 0.353. The maximum Gasteiger partial charge on any atom is 0.243 e. The molecule has 1 aliphatic carbocycles. The van der Waals surface area contributed by atoms with Crippen molar-refractivity contribution in [1.82, 2.24) is 19.1 Å². The van der Waals surface area contributed by atoms with Gasteiger partial charge in [0.1, 0.15) is 11.5 Å². The second kappa shape index (κ2) is 9.11.